The van der Waals surface area contributed by atoms with Crippen molar-refractivity contribution >= 4 is 11.8 Å². The molecule has 0 aliphatic heterocycles. The van der Waals surface area contributed by atoms with Crippen LogP contribution in [0.4, 0.5) is 0 Å². The molecule has 0 amide bonds. The summed E-state index contributed by atoms with van der Waals surface area (Å²) in [4.78, 5) is 19.4. The Morgan fingerprint density at radius 2 is 1.64 bits per heavy atom. The molecule has 0 rings (SSSR count). The minimum atomic E-state index is -0.745. The minimum absolute atomic E-state index is 0.222. The molecule has 11 heavy (non-hydrogen) atoms. The first-order valence-corrected chi connectivity index (χ1v) is 3.75. The maximum Gasteiger partial charge on any atom is 0.303 e. The molecule has 0 fully saturated rings. The van der Waals surface area contributed by atoms with Gasteiger partial charge in [-0.05, 0) is 13.3 Å². The highest BCUT2D eigenvalue weighted by Crippen LogP contribution is 1.84. The summed E-state index contributed by atoms with van der Waals surface area (Å²) in [5.74, 6) is -0.456. The lowest BCUT2D eigenvalue weighted by molar-refractivity contribution is -0.136. The molecule has 0 aliphatic carbocycles. The van der Waals surface area contributed by atoms with Crippen LogP contribution in [0.3, 0.4) is 0 Å². The van der Waals surface area contributed by atoms with Crippen LogP contribution in [0.1, 0.15) is 40.0 Å². The van der Waals surface area contributed by atoms with Crippen molar-refractivity contribution in [2.75, 3.05) is 0 Å². The molecule has 0 aromatic heterocycles. The van der Waals surface area contributed by atoms with E-state index in [-0.39, 0.29) is 12.2 Å². The Balaban J connectivity index is 0. The number of rotatable bonds is 3. The largest absolute Gasteiger partial charge is 0.481 e. The van der Waals surface area contributed by atoms with Crippen LogP contribution in [0, 0.1) is 0 Å². The fourth-order valence-electron chi connectivity index (χ4n) is 0.352. The first kappa shape index (κ1) is 12.8. The summed E-state index contributed by atoms with van der Waals surface area (Å²) in [7, 11) is 0. The molecule has 0 heterocycles. The van der Waals surface area contributed by atoms with Crippen molar-refractivity contribution in [1.29, 1.82) is 0 Å². The smallest absolute Gasteiger partial charge is 0.303 e. The zero-order chi connectivity index (χ0) is 9.28. The van der Waals surface area contributed by atoms with E-state index in [2.05, 4.69) is 0 Å². The molecule has 0 saturated heterocycles. The molecule has 0 saturated carbocycles. The molecule has 0 aliphatic rings. The summed E-state index contributed by atoms with van der Waals surface area (Å²) < 4.78 is 0. The lowest BCUT2D eigenvalue weighted by Gasteiger charge is -1.80. The first-order chi connectivity index (χ1) is 5.04. The quantitative estimate of drug-likeness (QED) is 0.685. The minimum Gasteiger partial charge on any atom is -0.481 e. The van der Waals surface area contributed by atoms with Crippen molar-refractivity contribution in [3.8, 4) is 0 Å². The van der Waals surface area contributed by atoms with Crippen LogP contribution in [0.2, 0.25) is 0 Å². The molecule has 66 valence electrons. The van der Waals surface area contributed by atoms with Crippen molar-refractivity contribution in [3.05, 3.63) is 0 Å². The second-order valence-electron chi connectivity index (χ2n) is 2.20. The summed E-state index contributed by atoms with van der Waals surface area (Å²) in [5.41, 5.74) is 0. The molecule has 0 aromatic rings. The number of carboxylic acids is 1. The third-order valence-corrected chi connectivity index (χ3v) is 0.905. The third-order valence-electron chi connectivity index (χ3n) is 0.905. The fraction of sp³-hybridized carbons (Fsp3) is 0.750. The number of carboxylic acid groups (broad SMARTS) is 1. The Morgan fingerprint density at radius 3 is 1.64 bits per heavy atom. The third kappa shape index (κ3) is 27.2. The number of Topliss-reactive ketones (excluding diaryl/α,β-unsaturated/α-hetero) is 1. The van der Waals surface area contributed by atoms with E-state index in [4.69, 9.17) is 5.11 Å². The Hall–Kier alpha value is -0.860. The predicted octanol–water partition coefficient (Wildman–Crippen LogP) is 1.86. The van der Waals surface area contributed by atoms with Crippen molar-refractivity contribution in [2.24, 2.45) is 0 Å². The Labute approximate surface area is 67.4 Å². The van der Waals surface area contributed by atoms with Gasteiger partial charge in [-0.15, -0.1) is 0 Å². The van der Waals surface area contributed by atoms with Gasteiger partial charge in [0.25, 0.3) is 0 Å². The SMILES string of the molecule is CCC(=O)O.CCCC(C)=O. The van der Waals surface area contributed by atoms with Crippen molar-refractivity contribution in [2.45, 2.75) is 40.0 Å². The molecule has 0 atom stereocenters. The summed E-state index contributed by atoms with van der Waals surface area (Å²) in [6.07, 6.45) is 1.94. The van der Waals surface area contributed by atoms with E-state index in [0.717, 1.165) is 12.8 Å². The highest BCUT2D eigenvalue weighted by molar-refractivity contribution is 5.75. The molecule has 0 unspecified atom stereocenters. The Morgan fingerprint density at radius 1 is 1.27 bits per heavy atom. The van der Waals surface area contributed by atoms with Gasteiger partial charge in [0.2, 0.25) is 0 Å². The number of carbonyl (C=O) groups excluding carboxylic acids is 1. The summed E-state index contributed by atoms with van der Waals surface area (Å²) in [6.45, 7) is 5.22. The van der Waals surface area contributed by atoms with Crippen molar-refractivity contribution in [3.63, 3.8) is 0 Å². The van der Waals surface area contributed by atoms with Gasteiger partial charge in [-0.1, -0.05) is 13.8 Å². The van der Waals surface area contributed by atoms with Gasteiger partial charge < -0.3 is 9.90 Å². The van der Waals surface area contributed by atoms with E-state index in [1.54, 1.807) is 13.8 Å². The monoisotopic (exact) mass is 160 g/mol. The van der Waals surface area contributed by atoms with E-state index in [1.165, 1.54) is 0 Å². The molecule has 0 spiro atoms. The average molecular weight is 160 g/mol. The normalized spacial score (nSPS) is 7.91. The van der Waals surface area contributed by atoms with Crippen LogP contribution in [-0.4, -0.2) is 16.9 Å². The van der Waals surface area contributed by atoms with Crippen LogP contribution >= 0.6 is 0 Å². The lowest BCUT2D eigenvalue weighted by Crippen LogP contribution is -1.86. The number of ketones is 1. The highest BCUT2D eigenvalue weighted by atomic mass is 16.4. The maximum atomic E-state index is 10.0. The molecule has 0 radical (unpaired) electrons. The van der Waals surface area contributed by atoms with Gasteiger partial charge in [0.05, 0.1) is 0 Å². The van der Waals surface area contributed by atoms with Crippen LogP contribution in [0.15, 0.2) is 0 Å². The van der Waals surface area contributed by atoms with Gasteiger partial charge >= 0.3 is 5.97 Å². The molecular formula is C8H16O3. The van der Waals surface area contributed by atoms with Crippen LogP contribution in [0.25, 0.3) is 0 Å². The molecular weight excluding hydrogens is 144 g/mol. The standard InChI is InChI=1S/C5H10O.C3H6O2/c1-3-4-5(2)6;1-2-3(4)5/h3-4H2,1-2H3;2H2,1H3,(H,4,5). The van der Waals surface area contributed by atoms with Crippen LogP contribution in [-0.2, 0) is 9.59 Å². The Bertz CT molecular complexity index is 119. The maximum absolute atomic E-state index is 10.0. The summed E-state index contributed by atoms with van der Waals surface area (Å²) >= 11 is 0. The van der Waals surface area contributed by atoms with Gasteiger partial charge in [0.15, 0.2) is 0 Å². The van der Waals surface area contributed by atoms with Gasteiger partial charge in [-0.25, -0.2) is 0 Å². The van der Waals surface area contributed by atoms with E-state index >= 15 is 0 Å². The molecule has 3 heteroatoms. The second-order valence-corrected chi connectivity index (χ2v) is 2.20. The van der Waals surface area contributed by atoms with Crippen molar-refractivity contribution < 1.29 is 14.7 Å². The zero-order valence-corrected chi connectivity index (χ0v) is 7.39. The number of aliphatic carboxylic acids is 1. The zero-order valence-electron chi connectivity index (χ0n) is 7.39. The molecule has 0 bridgehead atoms. The highest BCUT2D eigenvalue weighted by Gasteiger charge is 1.83. The number of hydrogen-bond acceptors (Lipinski definition) is 2. The molecule has 0 aromatic carbocycles. The summed E-state index contributed by atoms with van der Waals surface area (Å²) in [6, 6.07) is 0. The van der Waals surface area contributed by atoms with Gasteiger partial charge in [0, 0.05) is 12.8 Å². The molecule has 1 N–H and O–H groups in total. The van der Waals surface area contributed by atoms with Gasteiger partial charge in [-0.3, -0.25) is 4.79 Å². The van der Waals surface area contributed by atoms with Crippen LogP contribution in [0.5, 0.6) is 0 Å². The average Bonchev–Trinajstić information content (AvgIpc) is 1.89. The van der Waals surface area contributed by atoms with E-state index in [0.29, 0.717) is 0 Å². The fourth-order valence-corrected chi connectivity index (χ4v) is 0.352. The topological polar surface area (TPSA) is 54.4 Å². The predicted molar refractivity (Wildman–Crippen MR) is 43.5 cm³/mol. The first-order valence-electron chi connectivity index (χ1n) is 3.75. The van der Waals surface area contributed by atoms with E-state index in [9.17, 15) is 9.59 Å². The van der Waals surface area contributed by atoms with E-state index in [1.807, 2.05) is 6.92 Å². The van der Waals surface area contributed by atoms with Crippen LogP contribution < -0.4 is 0 Å². The lowest BCUT2D eigenvalue weighted by atomic mass is 10.3. The van der Waals surface area contributed by atoms with Crippen molar-refractivity contribution in [1.82, 2.24) is 0 Å². The van der Waals surface area contributed by atoms with Gasteiger partial charge in [0.1, 0.15) is 5.78 Å². The number of carbonyl (C=O) groups is 2. The Kier molecular flexibility index (Phi) is 10.6. The molecule has 3 nitrogen and oxygen atoms in total. The van der Waals surface area contributed by atoms with E-state index < -0.39 is 5.97 Å². The van der Waals surface area contributed by atoms with Gasteiger partial charge in [-0.2, -0.15) is 0 Å². The summed E-state index contributed by atoms with van der Waals surface area (Å²) in [5, 5.41) is 7.72. The number of hydrogen-bond donors (Lipinski definition) is 1. The second kappa shape index (κ2) is 9.14.